The van der Waals surface area contributed by atoms with E-state index in [1.54, 1.807) is 0 Å². The highest BCUT2D eigenvalue weighted by atomic mass is 31.0. The summed E-state index contributed by atoms with van der Waals surface area (Å²) in [4.78, 5) is 5.56. The highest BCUT2D eigenvalue weighted by Gasteiger charge is 2.53. The molecule has 0 aliphatic heterocycles. The second kappa shape index (κ2) is 6.62. The molecule has 3 heterocycles. The molecule has 0 N–H and O–H groups in total. The minimum absolute atomic E-state index is 0.288. The van der Waals surface area contributed by atoms with Gasteiger partial charge in [-0.1, -0.05) is 54.6 Å². The van der Waals surface area contributed by atoms with E-state index in [0.717, 1.165) is 17.8 Å². The first-order valence-corrected chi connectivity index (χ1v) is 14.2. The van der Waals surface area contributed by atoms with E-state index in [0.29, 0.717) is 0 Å². The van der Waals surface area contributed by atoms with Gasteiger partial charge in [0, 0.05) is 16.1 Å². The zero-order valence-electron chi connectivity index (χ0n) is 19.7. The molecule has 4 fully saturated rings. The van der Waals surface area contributed by atoms with Crippen LogP contribution in [0.3, 0.4) is 0 Å². The molecule has 4 bridgehead atoms. The molecule has 4 aliphatic rings. The standard InChI is InChI=1S/C32H27N2P/c1-2-5-24-15-25(9-8-22(24)4-1)29-27-11-10-23-6-3-7-26-28(23)34(27)31(35-29)30(33-26)32-16-19-12-20(17-32)14-21(13-19)18-32/h1-11,15,19-21H,12-14,16-18H2. The van der Waals surface area contributed by atoms with Crippen molar-refractivity contribution in [3.05, 3.63) is 78.5 Å². The number of hydrogen-bond donors (Lipinski definition) is 0. The predicted octanol–water partition coefficient (Wildman–Crippen LogP) is 8.95. The van der Waals surface area contributed by atoms with E-state index in [1.165, 1.54) is 101 Å². The largest absolute Gasteiger partial charge is 0.301 e. The van der Waals surface area contributed by atoms with Crippen LogP contribution in [0.15, 0.2) is 72.8 Å². The fourth-order valence-electron chi connectivity index (χ4n) is 8.63. The Morgan fingerprint density at radius 1 is 0.743 bits per heavy atom. The zero-order valence-corrected chi connectivity index (χ0v) is 20.6. The van der Waals surface area contributed by atoms with Crippen molar-refractivity contribution in [1.82, 2.24) is 9.38 Å². The Hall–Kier alpha value is -2.96. The van der Waals surface area contributed by atoms with Gasteiger partial charge in [-0.25, -0.2) is 4.98 Å². The van der Waals surface area contributed by atoms with Crippen LogP contribution in [0, 0.1) is 17.8 Å². The van der Waals surface area contributed by atoms with Crippen LogP contribution in [0.5, 0.6) is 0 Å². The Labute approximate surface area is 206 Å². The van der Waals surface area contributed by atoms with E-state index < -0.39 is 0 Å². The quantitative estimate of drug-likeness (QED) is 0.247. The lowest BCUT2D eigenvalue weighted by atomic mass is 9.49. The van der Waals surface area contributed by atoms with Crippen LogP contribution >= 0.6 is 8.19 Å². The van der Waals surface area contributed by atoms with Crippen LogP contribution in [0.4, 0.5) is 0 Å². The molecule has 3 aromatic heterocycles. The Morgan fingerprint density at radius 2 is 1.46 bits per heavy atom. The van der Waals surface area contributed by atoms with Crippen molar-refractivity contribution in [1.29, 1.82) is 0 Å². The SMILES string of the molecule is c1ccc2cc(-c3pc4c(C56CC7CC(CC(C7)C5)C6)nc5cccc6ccc3n4c65)ccc2c1. The molecule has 35 heavy (non-hydrogen) atoms. The maximum Gasteiger partial charge on any atom is 0.0964 e. The summed E-state index contributed by atoms with van der Waals surface area (Å²) < 4.78 is 2.61. The van der Waals surface area contributed by atoms with Gasteiger partial charge >= 0.3 is 0 Å². The first-order valence-electron chi connectivity index (χ1n) is 13.3. The molecular weight excluding hydrogens is 443 g/mol. The predicted molar refractivity (Wildman–Crippen MR) is 147 cm³/mol. The normalized spacial score (nSPS) is 27.9. The summed E-state index contributed by atoms with van der Waals surface area (Å²) in [5.74, 6) is 2.76. The molecule has 0 unspecified atom stereocenters. The highest BCUT2D eigenvalue weighted by Crippen LogP contribution is 2.62. The summed E-state index contributed by atoms with van der Waals surface area (Å²) in [6.45, 7) is 0. The summed E-state index contributed by atoms with van der Waals surface area (Å²) in [6.07, 6.45) is 8.48. The minimum atomic E-state index is 0.288. The van der Waals surface area contributed by atoms with Crippen molar-refractivity contribution in [3.8, 4) is 10.9 Å². The van der Waals surface area contributed by atoms with E-state index in [2.05, 4.69) is 77.2 Å². The van der Waals surface area contributed by atoms with Gasteiger partial charge in [0.05, 0.1) is 27.5 Å². The number of fused-ring (bicyclic) bond motifs is 1. The molecule has 170 valence electrons. The maximum atomic E-state index is 5.56. The monoisotopic (exact) mass is 470 g/mol. The number of nitrogens with zero attached hydrogens (tertiary/aromatic N) is 2. The lowest BCUT2D eigenvalue weighted by Gasteiger charge is -2.56. The van der Waals surface area contributed by atoms with E-state index in [-0.39, 0.29) is 5.41 Å². The highest BCUT2D eigenvalue weighted by molar-refractivity contribution is 7.40. The third kappa shape index (κ3) is 2.56. The van der Waals surface area contributed by atoms with Crippen LogP contribution < -0.4 is 0 Å². The number of para-hydroxylation sites is 1. The molecule has 0 saturated heterocycles. The molecule has 0 atom stereocenters. The Bertz CT molecular complexity index is 1760. The van der Waals surface area contributed by atoms with Gasteiger partial charge in [-0.15, -0.1) is 0 Å². The van der Waals surface area contributed by atoms with Crippen molar-refractivity contribution in [2.75, 3.05) is 0 Å². The molecule has 2 nitrogen and oxygen atoms in total. The van der Waals surface area contributed by atoms with Crippen LogP contribution in [-0.2, 0) is 5.41 Å². The second-order valence-corrected chi connectivity index (χ2v) is 12.9. The average Bonchev–Trinajstić information content (AvgIpc) is 3.27. The first kappa shape index (κ1) is 19.3. The van der Waals surface area contributed by atoms with Crippen molar-refractivity contribution in [3.63, 3.8) is 0 Å². The minimum Gasteiger partial charge on any atom is -0.301 e. The van der Waals surface area contributed by atoms with Gasteiger partial charge in [-0.2, -0.15) is 0 Å². The molecule has 10 rings (SSSR count). The van der Waals surface area contributed by atoms with Crippen LogP contribution in [0.1, 0.15) is 44.2 Å². The molecular formula is C32H27N2P. The number of pyridine rings is 1. The molecule has 6 aromatic rings. The van der Waals surface area contributed by atoms with Crippen molar-refractivity contribution in [2.45, 2.75) is 43.9 Å². The van der Waals surface area contributed by atoms with Gasteiger partial charge in [-0.05, 0) is 99.0 Å². The average molecular weight is 471 g/mol. The summed E-state index contributed by atoms with van der Waals surface area (Å²) in [5, 5.41) is 6.81. The van der Waals surface area contributed by atoms with E-state index in [9.17, 15) is 0 Å². The summed E-state index contributed by atoms with van der Waals surface area (Å²) in [5.41, 5.74) is 6.90. The molecule has 0 amide bonds. The summed E-state index contributed by atoms with van der Waals surface area (Å²) in [6, 6.07) is 27.1. The van der Waals surface area contributed by atoms with E-state index in [4.69, 9.17) is 4.98 Å². The third-order valence-electron chi connectivity index (χ3n) is 9.61. The molecule has 0 spiro atoms. The number of hydrogen-bond acceptors (Lipinski definition) is 1. The fourth-order valence-corrected chi connectivity index (χ4v) is 10.1. The van der Waals surface area contributed by atoms with E-state index in [1.807, 2.05) is 0 Å². The van der Waals surface area contributed by atoms with Gasteiger partial charge in [0.2, 0.25) is 0 Å². The number of aromatic nitrogens is 2. The Balaban J connectivity index is 1.37. The van der Waals surface area contributed by atoms with Crippen molar-refractivity contribution >= 4 is 46.1 Å². The summed E-state index contributed by atoms with van der Waals surface area (Å²) >= 11 is 0. The molecule has 0 radical (unpaired) electrons. The van der Waals surface area contributed by atoms with Gasteiger partial charge in [-0.3, -0.25) is 0 Å². The summed E-state index contributed by atoms with van der Waals surface area (Å²) in [7, 11) is 1.32. The van der Waals surface area contributed by atoms with Gasteiger partial charge in [0.25, 0.3) is 0 Å². The lowest BCUT2D eigenvalue weighted by molar-refractivity contribution is -0.00637. The first-order chi connectivity index (χ1) is 17.2. The van der Waals surface area contributed by atoms with Crippen molar-refractivity contribution < 1.29 is 0 Å². The van der Waals surface area contributed by atoms with Gasteiger partial charge in [0.1, 0.15) is 0 Å². The topological polar surface area (TPSA) is 17.3 Å². The molecule has 3 aromatic carbocycles. The van der Waals surface area contributed by atoms with Gasteiger partial charge < -0.3 is 4.40 Å². The Morgan fingerprint density at radius 3 is 2.26 bits per heavy atom. The number of benzene rings is 3. The Kier molecular flexibility index (Phi) is 3.64. The third-order valence-corrected chi connectivity index (χ3v) is 10.9. The number of rotatable bonds is 2. The molecule has 4 saturated carbocycles. The van der Waals surface area contributed by atoms with Crippen LogP contribution in [0.25, 0.3) is 48.8 Å². The van der Waals surface area contributed by atoms with Gasteiger partial charge in [0.15, 0.2) is 0 Å². The fraction of sp³-hybridized carbons (Fsp3) is 0.312. The van der Waals surface area contributed by atoms with E-state index >= 15 is 0 Å². The lowest BCUT2D eigenvalue weighted by Crippen LogP contribution is -2.49. The maximum absolute atomic E-state index is 5.56. The zero-order chi connectivity index (χ0) is 22.7. The smallest absolute Gasteiger partial charge is 0.0964 e. The second-order valence-electron chi connectivity index (χ2n) is 11.8. The van der Waals surface area contributed by atoms with Crippen LogP contribution in [0.2, 0.25) is 0 Å². The molecule has 4 aliphatic carbocycles. The van der Waals surface area contributed by atoms with Crippen molar-refractivity contribution in [2.24, 2.45) is 17.8 Å². The molecule has 3 heteroatoms. The van der Waals surface area contributed by atoms with Crippen LogP contribution in [-0.4, -0.2) is 9.38 Å².